The summed E-state index contributed by atoms with van der Waals surface area (Å²) in [5.74, 6) is -1.32. The number of amides is 2. The van der Waals surface area contributed by atoms with Crippen LogP contribution >= 0.6 is 11.6 Å². The lowest BCUT2D eigenvalue weighted by molar-refractivity contribution is -0.123. The van der Waals surface area contributed by atoms with E-state index in [-0.39, 0.29) is 11.3 Å². The summed E-state index contributed by atoms with van der Waals surface area (Å²) in [7, 11) is 2.70. The standard InChI is InChI=1S/C19H19ClN2O5/c1-11-8-15(16(26-2)9-13(11)20)22-18(24)10-17(23)21-14-7-5-4-6-12(14)19(25)27-3/h4-9H,10H2,1-3H3,(H,21,23)(H,22,24). The number of aryl methyl sites for hydroxylation is 1. The van der Waals surface area contributed by atoms with E-state index in [1.54, 1.807) is 37.3 Å². The number of ether oxygens (including phenoxy) is 2. The van der Waals surface area contributed by atoms with Gasteiger partial charge in [0.25, 0.3) is 0 Å². The molecule has 0 saturated heterocycles. The highest BCUT2D eigenvalue weighted by molar-refractivity contribution is 6.31. The molecule has 0 bridgehead atoms. The van der Waals surface area contributed by atoms with Crippen molar-refractivity contribution in [2.45, 2.75) is 13.3 Å². The van der Waals surface area contributed by atoms with E-state index in [0.29, 0.717) is 16.5 Å². The summed E-state index contributed by atoms with van der Waals surface area (Å²) in [6, 6.07) is 9.60. The van der Waals surface area contributed by atoms with Gasteiger partial charge in [0.1, 0.15) is 12.2 Å². The van der Waals surface area contributed by atoms with Gasteiger partial charge in [0.2, 0.25) is 11.8 Å². The van der Waals surface area contributed by atoms with Crippen molar-refractivity contribution in [1.29, 1.82) is 0 Å². The first kappa shape index (κ1) is 20.3. The molecule has 27 heavy (non-hydrogen) atoms. The Morgan fingerprint density at radius 2 is 1.63 bits per heavy atom. The largest absolute Gasteiger partial charge is 0.495 e. The van der Waals surface area contributed by atoms with E-state index >= 15 is 0 Å². The maximum absolute atomic E-state index is 12.2. The highest BCUT2D eigenvalue weighted by Crippen LogP contribution is 2.31. The maximum Gasteiger partial charge on any atom is 0.339 e. The number of halogens is 1. The third kappa shape index (κ3) is 5.21. The molecule has 0 unspecified atom stereocenters. The summed E-state index contributed by atoms with van der Waals surface area (Å²) in [5, 5.41) is 5.66. The van der Waals surface area contributed by atoms with E-state index in [0.717, 1.165) is 5.56 Å². The number of carbonyl (C=O) groups excluding carboxylic acids is 3. The molecule has 0 saturated carbocycles. The van der Waals surface area contributed by atoms with Crippen LogP contribution in [0.4, 0.5) is 11.4 Å². The second kappa shape index (κ2) is 9.05. The topological polar surface area (TPSA) is 93.7 Å². The zero-order valence-electron chi connectivity index (χ0n) is 15.1. The molecule has 8 heteroatoms. The summed E-state index contributed by atoms with van der Waals surface area (Å²) in [4.78, 5) is 36.1. The molecule has 2 N–H and O–H groups in total. The van der Waals surface area contributed by atoms with E-state index in [1.807, 2.05) is 0 Å². The fraction of sp³-hybridized carbons (Fsp3) is 0.211. The number of rotatable bonds is 6. The van der Waals surface area contributed by atoms with Gasteiger partial charge in [-0.05, 0) is 30.7 Å². The van der Waals surface area contributed by atoms with Crippen LogP contribution in [0.1, 0.15) is 22.3 Å². The minimum absolute atomic E-state index is 0.198. The van der Waals surface area contributed by atoms with Gasteiger partial charge in [0.15, 0.2) is 0 Å². The summed E-state index contributed by atoms with van der Waals surface area (Å²) in [6.07, 6.45) is -0.444. The van der Waals surface area contributed by atoms with Crippen molar-refractivity contribution in [2.24, 2.45) is 0 Å². The summed E-state index contributed by atoms with van der Waals surface area (Å²) >= 11 is 6.03. The van der Waals surface area contributed by atoms with Crippen molar-refractivity contribution in [3.63, 3.8) is 0 Å². The Hall–Kier alpha value is -3.06. The first-order chi connectivity index (χ1) is 12.8. The molecule has 2 aromatic rings. The Morgan fingerprint density at radius 3 is 2.26 bits per heavy atom. The second-order valence-corrected chi connectivity index (χ2v) is 6.02. The molecular formula is C19H19ClN2O5. The number of hydrogen-bond acceptors (Lipinski definition) is 5. The predicted octanol–water partition coefficient (Wildman–Crippen LogP) is 3.41. The second-order valence-electron chi connectivity index (χ2n) is 5.61. The molecule has 0 heterocycles. The average molecular weight is 391 g/mol. The molecule has 0 aliphatic heterocycles. The molecule has 142 valence electrons. The van der Waals surface area contributed by atoms with Crippen LogP contribution in [0.3, 0.4) is 0 Å². The number of hydrogen-bond donors (Lipinski definition) is 2. The first-order valence-electron chi connectivity index (χ1n) is 7.97. The molecule has 2 amide bonds. The van der Waals surface area contributed by atoms with E-state index < -0.39 is 24.2 Å². The molecular weight excluding hydrogens is 372 g/mol. The van der Waals surface area contributed by atoms with Crippen LogP contribution in [0.25, 0.3) is 0 Å². The molecule has 7 nitrogen and oxygen atoms in total. The lowest BCUT2D eigenvalue weighted by Gasteiger charge is -2.13. The van der Waals surface area contributed by atoms with Gasteiger partial charge in [-0.15, -0.1) is 0 Å². The SMILES string of the molecule is COC(=O)c1ccccc1NC(=O)CC(=O)Nc1cc(C)c(Cl)cc1OC. The van der Waals surface area contributed by atoms with Gasteiger partial charge in [-0.25, -0.2) is 4.79 Å². The van der Waals surface area contributed by atoms with Crippen LogP contribution in [-0.4, -0.2) is 32.0 Å². The highest BCUT2D eigenvalue weighted by Gasteiger charge is 2.17. The van der Waals surface area contributed by atoms with Crippen LogP contribution in [0.2, 0.25) is 5.02 Å². The van der Waals surface area contributed by atoms with Crippen LogP contribution in [0.5, 0.6) is 5.75 Å². The van der Waals surface area contributed by atoms with E-state index in [2.05, 4.69) is 15.4 Å². The molecule has 2 aromatic carbocycles. The van der Waals surface area contributed by atoms with Crippen LogP contribution in [0, 0.1) is 6.92 Å². The van der Waals surface area contributed by atoms with Gasteiger partial charge in [-0.3, -0.25) is 9.59 Å². The Bertz CT molecular complexity index is 882. The van der Waals surface area contributed by atoms with Crippen molar-refractivity contribution in [1.82, 2.24) is 0 Å². The van der Waals surface area contributed by atoms with Crippen LogP contribution in [0.15, 0.2) is 36.4 Å². The molecule has 0 aliphatic rings. The quantitative estimate of drug-likeness (QED) is 0.582. The number of benzene rings is 2. The smallest absolute Gasteiger partial charge is 0.339 e. The van der Waals surface area contributed by atoms with Gasteiger partial charge < -0.3 is 20.1 Å². The molecule has 2 rings (SSSR count). The van der Waals surface area contributed by atoms with Crippen LogP contribution in [-0.2, 0) is 14.3 Å². The molecule has 0 aromatic heterocycles. The molecule has 0 aliphatic carbocycles. The lowest BCUT2D eigenvalue weighted by Crippen LogP contribution is -2.22. The molecule has 0 spiro atoms. The van der Waals surface area contributed by atoms with Gasteiger partial charge in [0, 0.05) is 11.1 Å². The van der Waals surface area contributed by atoms with Crippen molar-refractivity contribution >= 4 is 40.8 Å². The van der Waals surface area contributed by atoms with Gasteiger partial charge in [0.05, 0.1) is 31.2 Å². The zero-order chi connectivity index (χ0) is 20.0. The van der Waals surface area contributed by atoms with E-state index in [9.17, 15) is 14.4 Å². The number of anilines is 2. The Balaban J connectivity index is 2.06. The number of esters is 1. The Morgan fingerprint density at radius 1 is 1.00 bits per heavy atom. The molecule has 0 fully saturated rings. The van der Waals surface area contributed by atoms with Gasteiger partial charge >= 0.3 is 5.97 Å². The third-order valence-corrected chi connectivity index (χ3v) is 4.09. The normalized spacial score (nSPS) is 10.1. The van der Waals surface area contributed by atoms with Crippen molar-refractivity contribution < 1.29 is 23.9 Å². The highest BCUT2D eigenvalue weighted by atomic mass is 35.5. The van der Waals surface area contributed by atoms with Crippen molar-refractivity contribution in [3.05, 3.63) is 52.5 Å². The predicted molar refractivity (Wildman–Crippen MR) is 102 cm³/mol. The monoisotopic (exact) mass is 390 g/mol. The number of methoxy groups -OCH3 is 2. The fourth-order valence-electron chi connectivity index (χ4n) is 2.34. The molecule has 0 radical (unpaired) electrons. The average Bonchev–Trinajstić information content (AvgIpc) is 2.64. The van der Waals surface area contributed by atoms with Crippen molar-refractivity contribution in [3.8, 4) is 5.75 Å². The third-order valence-electron chi connectivity index (χ3n) is 3.68. The zero-order valence-corrected chi connectivity index (χ0v) is 15.8. The number of nitrogens with one attached hydrogen (secondary N) is 2. The van der Waals surface area contributed by atoms with Gasteiger partial charge in [-0.2, -0.15) is 0 Å². The minimum Gasteiger partial charge on any atom is -0.495 e. The Labute approximate surface area is 161 Å². The minimum atomic E-state index is -0.586. The first-order valence-corrected chi connectivity index (χ1v) is 8.34. The van der Waals surface area contributed by atoms with Crippen molar-refractivity contribution in [2.75, 3.05) is 24.9 Å². The van der Waals surface area contributed by atoms with E-state index in [4.69, 9.17) is 16.3 Å². The van der Waals surface area contributed by atoms with Crippen LogP contribution < -0.4 is 15.4 Å². The van der Waals surface area contributed by atoms with E-state index in [1.165, 1.54) is 20.3 Å². The lowest BCUT2D eigenvalue weighted by atomic mass is 10.1. The summed E-state index contributed by atoms with van der Waals surface area (Å²) in [5.41, 5.74) is 1.63. The molecule has 0 atom stereocenters. The number of carbonyl (C=O) groups is 3. The summed E-state index contributed by atoms with van der Waals surface area (Å²) in [6.45, 7) is 1.79. The fourth-order valence-corrected chi connectivity index (χ4v) is 2.50. The number of para-hydroxylation sites is 1. The maximum atomic E-state index is 12.2. The van der Waals surface area contributed by atoms with Gasteiger partial charge in [-0.1, -0.05) is 23.7 Å². The Kier molecular flexibility index (Phi) is 6.79. The summed E-state index contributed by atoms with van der Waals surface area (Å²) < 4.78 is 9.86.